The van der Waals surface area contributed by atoms with Crippen molar-refractivity contribution in [1.29, 1.82) is 0 Å². The first-order chi connectivity index (χ1) is 18.1. The van der Waals surface area contributed by atoms with E-state index >= 15 is 0 Å². The molecule has 0 atom stereocenters. The molecule has 0 aliphatic carbocycles. The highest BCUT2D eigenvalue weighted by Gasteiger charge is 2.19. The van der Waals surface area contributed by atoms with Gasteiger partial charge >= 0.3 is 0 Å². The van der Waals surface area contributed by atoms with E-state index in [9.17, 15) is 0 Å². The second-order valence-corrected chi connectivity index (χ2v) is 11.5. The maximum atomic E-state index is 6.38. The maximum absolute atomic E-state index is 6.38. The summed E-state index contributed by atoms with van der Waals surface area (Å²) < 4.78 is 0. The van der Waals surface area contributed by atoms with Crippen molar-refractivity contribution < 1.29 is 0 Å². The molecule has 0 amide bonds. The number of hydrogen-bond donors (Lipinski definition) is 1. The first-order valence-corrected chi connectivity index (χ1v) is 14.9. The molecule has 2 fully saturated rings. The molecular formula is C29H39ClN6S. The molecular weight excluding hydrogens is 500 g/mol. The van der Waals surface area contributed by atoms with Crippen LogP contribution in [-0.4, -0.2) is 91.7 Å². The number of thiazole rings is 1. The molecule has 3 heterocycles. The number of para-hydroxylation sites is 1. The van der Waals surface area contributed by atoms with Crippen LogP contribution in [0, 0.1) is 0 Å². The first kappa shape index (κ1) is 26.4. The Labute approximate surface area is 230 Å². The number of hydrogen-bond acceptors (Lipinski definition) is 7. The van der Waals surface area contributed by atoms with Crippen molar-refractivity contribution in [3.63, 3.8) is 0 Å². The molecule has 37 heavy (non-hydrogen) atoms. The second-order valence-electron chi connectivity index (χ2n) is 10.2. The third-order valence-corrected chi connectivity index (χ3v) is 8.71. The molecule has 6 nitrogen and oxygen atoms in total. The summed E-state index contributed by atoms with van der Waals surface area (Å²) in [6.07, 6.45) is 3.68. The lowest BCUT2D eigenvalue weighted by atomic mass is 10.1. The van der Waals surface area contributed by atoms with Gasteiger partial charge in [-0.1, -0.05) is 48.0 Å². The molecule has 1 aromatic heterocycles. The van der Waals surface area contributed by atoms with Gasteiger partial charge < -0.3 is 20.4 Å². The molecule has 2 aromatic carbocycles. The Kier molecular flexibility index (Phi) is 9.34. The second kappa shape index (κ2) is 13.1. The summed E-state index contributed by atoms with van der Waals surface area (Å²) in [4.78, 5) is 14.7. The summed E-state index contributed by atoms with van der Waals surface area (Å²) in [5.41, 5.74) is 10.5. The van der Waals surface area contributed by atoms with E-state index in [0.717, 1.165) is 55.4 Å². The molecule has 3 aromatic rings. The largest absolute Gasteiger partial charge is 0.375 e. The Morgan fingerprint density at radius 1 is 0.757 bits per heavy atom. The molecule has 0 unspecified atom stereocenters. The monoisotopic (exact) mass is 538 g/mol. The molecule has 5 rings (SSSR count). The normalized spacial score (nSPS) is 17.9. The molecule has 2 aliphatic heterocycles. The Bertz CT molecular complexity index is 1100. The lowest BCUT2D eigenvalue weighted by Crippen LogP contribution is -2.47. The average molecular weight is 539 g/mol. The van der Waals surface area contributed by atoms with E-state index in [0.29, 0.717) is 5.13 Å². The van der Waals surface area contributed by atoms with E-state index in [-0.39, 0.29) is 0 Å². The standard InChI is InChI=1S/C29H39ClN6S/c30-26-5-1-2-6-28(26)36-21-19-34(20-22-36)13-4-3-12-33-15-17-35(18-16-33)14-11-24-7-9-25(10-8-24)27-23-37-29(31)32-27/h1-2,5-10,23H,3-4,11-22H2,(H2,31,32). The quantitative estimate of drug-likeness (QED) is 0.374. The molecule has 8 heteroatoms. The number of aromatic nitrogens is 1. The summed E-state index contributed by atoms with van der Waals surface area (Å²) in [5, 5.41) is 3.51. The number of nitrogens with zero attached hydrogens (tertiary/aromatic N) is 5. The van der Waals surface area contributed by atoms with E-state index < -0.39 is 0 Å². The Morgan fingerprint density at radius 3 is 1.95 bits per heavy atom. The number of benzene rings is 2. The van der Waals surface area contributed by atoms with Crippen LogP contribution in [0.2, 0.25) is 5.02 Å². The number of nitrogens with two attached hydrogens (primary N) is 1. The molecule has 2 saturated heterocycles. The predicted molar refractivity (Wildman–Crippen MR) is 158 cm³/mol. The molecule has 0 spiro atoms. The van der Waals surface area contributed by atoms with Crippen LogP contribution >= 0.6 is 22.9 Å². The van der Waals surface area contributed by atoms with Gasteiger partial charge in [-0.15, -0.1) is 11.3 Å². The van der Waals surface area contributed by atoms with Gasteiger partial charge in [0.15, 0.2) is 5.13 Å². The summed E-state index contributed by atoms with van der Waals surface area (Å²) >= 11 is 7.88. The number of halogens is 1. The summed E-state index contributed by atoms with van der Waals surface area (Å²) in [6, 6.07) is 17.0. The van der Waals surface area contributed by atoms with Crippen molar-refractivity contribution in [2.45, 2.75) is 19.3 Å². The molecule has 198 valence electrons. The van der Waals surface area contributed by atoms with Crippen molar-refractivity contribution in [3.05, 3.63) is 64.5 Å². The molecule has 0 radical (unpaired) electrons. The number of rotatable bonds is 10. The zero-order valence-electron chi connectivity index (χ0n) is 21.7. The van der Waals surface area contributed by atoms with Gasteiger partial charge in [0.1, 0.15) is 0 Å². The van der Waals surface area contributed by atoms with Gasteiger partial charge in [0.25, 0.3) is 0 Å². The van der Waals surface area contributed by atoms with Crippen LogP contribution in [0.4, 0.5) is 10.8 Å². The van der Waals surface area contributed by atoms with Crippen molar-refractivity contribution >= 4 is 33.8 Å². The number of unbranched alkanes of at least 4 members (excludes halogenated alkanes) is 1. The highest BCUT2D eigenvalue weighted by molar-refractivity contribution is 7.13. The van der Waals surface area contributed by atoms with Crippen LogP contribution in [0.25, 0.3) is 11.3 Å². The fourth-order valence-corrected chi connectivity index (χ4v) is 6.20. The SMILES string of the molecule is Nc1nc(-c2ccc(CCN3CCN(CCCCN4CCN(c5ccccc5Cl)CC4)CC3)cc2)cs1. The highest BCUT2D eigenvalue weighted by Crippen LogP contribution is 2.26. The number of anilines is 2. The fourth-order valence-electron chi connectivity index (χ4n) is 5.38. The van der Waals surface area contributed by atoms with E-state index in [1.54, 1.807) is 0 Å². The van der Waals surface area contributed by atoms with E-state index in [1.165, 1.54) is 74.7 Å². The first-order valence-electron chi connectivity index (χ1n) is 13.6. The minimum absolute atomic E-state index is 0.627. The summed E-state index contributed by atoms with van der Waals surface area (Å²) in [7, 11) is 0. The molecule has 0 saturated carbocycles. The van der Waals surface area contributed by atoms with Crippen LogP contribution in [-0.2, 0) is 6.42 Å². The van der Waals surface area contributed by atoms with E-state index in [1.807, 2.05) is 17.5 Å². The Hall–Kier alpha value is -2.16. The van der Waals surface area contributed by atoms with Crippen molar-refractivity contribution in [2.75, 3.05) is 82.6 Å². The fraction of sp³-hybridized carbons (Fsp3) is 0.483. The number of piperazine rings is 2. The van der Waals surface area contributed by atoms with Crippen LogP contribution < -0.4 is 10.6 Å². The summed E-state index contributed by atoms with van der Waals surface area (Å²) in [6.45, 7) is 12.7. The van der Waals surface area contributed by atoms with Crippen LogP contribution in [0.5, 0.6) is 0 Å². The Morgan fingerprint density at radius 2 is 1.35 bits per heavy atom. The van der Waals surface area contributed by atoms with Gasteiger partial charge in [0, 0.05) is 69.8 Å². The smallest absolute Gasteiger partial charge is 0.180 e. The maximum Gasteiger partial charge on any atom is 0.180 e. The zero-order valence-corrected chi connectivity index (χ0v) is 23.3. The average Bonchev–Trinajstić information content (AvgIpc) is 3.38. The van der Waals surface area contributed by atoms with Gasteiger partial charge in [-0.25, -0.2) is 4.98 Å². The van der Waals surface area contributed by atoms with Gasteiger partial charge in [-0.05, 0) is 50.0 Å². The predicted octanol–water partition coefficient (Wildman–Crippen LogP) is 4.81. The van der Waals surface area contributed by atoms with Crippen molar-refractivity contribution in [3.8, 4) is 11.3 Å². The van der Waals surface area contributed by atoms with E-state index in [2.05, 4.69) is 61.0 Å². The minimum Gasteiger partial charge on any atom is -0.375 e. The van der Waals surface area contributed by atoms with Gasteiger partial charge in [-0.3, -0.25) is 4.90 Å². The highest BCUT2D eigenvalue weighted by atomic mass is 35.5. The lowest BCUT2D eigenvalue weighted by Gasteiger charge is -2.37. The van der Waals surface area contributed by atoms with Gasteiger partial charge in [0.2, 0.25) is 0 Å². The van der Waals surface area contributed by atoms with Crippen LogP contribution in [0.1, 0.15) is 18.4 Å². The Balaban J connectivity index is 0.930. The third kappa shape index (κ3) is 7.45. The minimum atomic E-state index is 0.627. The topological polar surface area (TPSA) is 51.9 Å². The van der Waals surface area contributed by atoms with Crippen molar-refractivity contribution in [1.82, 2.24) is 19.7 Å². The van der Waals surface area contributed by atoms with Gasteiger partial charge in [-0.2, -0.15) is 0 Å². The van der Waals surface area contributed by atoms with E-state index in [4.69, 9.17) is 17.3 Å². The zero-order chi connectivity index (χ0) is 25.5. The summed E-state index contributed by atoms with van der Waals surface area (Å²) in [5.74, 6) is 0. The lowest BCUT2D eigenvalue weighted by molar-refractivity contribution is 0.130. The molecule has 2 aliphatic rings. The van der Waals surface area contributed by atoms with Crippen molar-refractivity contribution in [2.24, 2.45) is 0 Å². The molecule has 0 bridgehead atoms. The molecule has 2 N–H and O–H groups in total. The van der Waals surface area contributed by atoms with Crippen LogP contribution in [0.3, 0.4) is 0 Å². The van der Waals surface area contributed by atoms with Gasteiger partial charge in [0.05, 0.1) is 16.4 Å². The van der Waals surface area contributed by atoms with Crippen LogP contribution in [0.15, 0.2) is 53.9 Å². The third-order valence-electron chi connectivity index (χ3n) is 7.72. The number of nitrogen functional groups attached to an aromatic ring is 1.